The maximum absolute atomic E-state index is 10.9. The molecule has 19 heavy (non-hydrogen) atoms. The van der Waals surface area contributed by atoms with Gasteiger partial charge in [0.2, 0.25) is 0 Å². The van der Waals surface area contributed by atoms with Gasteiger partial charge in [0, 0.05) is 17.0 Å². The number of rotatable bonds is 1. The average Bonchev–Trinajstić information content (AvgIpc) is 2.38. The number of aromatic carboxylic acids is 1. The number of nitrogens with zero attached hydrogens (tertiary/aromatic N) is 2. The molecule has 3 aromatic rings. The van der Waals surface area contributed by atoms with Crippen LogP contribution >= 0.6 is 0 Å². The van der Waals surface area contributed by atoms with E-state index in [1.165, 1.54) is 12.3 Å². The zero-order chi connectivity index (χ0) is 13.6. The SMILES string of the molecule is O=C(O)c1cnc2c(ccc3cc(O)cnc32)c1O. The molecule has 0 radical (unpaired) electrons. The topological polar surface area (TPSA) is 104 Å². The van der Waals surface area contributed by atoms with Gasteiger partial charge in [0.25, 0.3) is 0 Å². The fraction of sp³-hybridized carbons (Fsp3) is 0. The van der Waals surface area contributed by atoms with Crippen molar-refractivity contribution in [2.24, 2.45) is 0 Å². The van der Waals surface area contributed by atoms with Crippen molar-refractivity contribution >= 4 is 27.8 Å². The number of aromatic hydroxyl groups is 2. The van der Waals surface area contributed by atoms with Crippen LogP contribution in [-0.4, -0.2) is 31.3 Å². The monoisotopic (exact) mass is 256 g/mol. The van der Waals surface area contributed by atoms with Crippen LogP contribution in [-0.2, 0) is 0 Å². The van der Waals surface area contributed by atoms with E-state index in [9.17, 15) is 15.0 Å². The van der Waals surface area contributed by atoms with Gasteiger partial charge < -0.3 is 15.3 Å². The van der Waals surface area contributed by atoms with Gasteiger partial charge in [-0.2, -0.15) is 0 Å². The molecule has 0 saturated heterocycles. The molecular weight excluding hydrogens is 248 g/mol. The zero-order valence-electron chi connectivity index (χ0n) is 9.53. The quantitative estimate of drug-likeness (QED) is 0.574. The van der Waals surface area contributed by atoms with Crippen LogP contribution in [0.15, 0.2) is 30.6 Å². The van der Waals surface area contributed by atoms with Gasteiger partial charge in [0.05, 0.1) is 11.7 Å². The molecule has 94 valence electrons. The van der Waals surface area contributed by atoms with Crippen LogP contribution in [0.1, 0.15) is 10.4 Å². The largest absolute Gasteiger partial charge is 0.506 e. The normalized spacial score (nSPS) is 10.9. The molecule has 0 aliphatic rings. The minimum Gasteiger partial charge on any atom is -0.506 e. The minimum atomic E-state index is -1.24. The van der Waals surface area contributed by atoms with E-state index in [4.69, 9.17) is 5.11 Å². The predicted molar refractivity (Wildman–Crippen MR) is 67.3 cm³/mol. The summed E-state index contributed by atoms with van der Waals surface area (Å²) in [7, 11) is 0. The number of benzene rings is 1. The summed E-state index contributed by atoms with van der Waals surface area (Å²) >= 11 is 0. The molecule has 0 unspecified atom stereocenters. The molecule has 0 spiro atoms. The number of hydrogen-bond donors (Lipinski definition) is 3. The second-order valence-electron chi connectivity index (χ2n) is 4.05. The summed E-state index contributed by atoms with van der Waals surface area (Å²) in [6.07, 6.45) is 2.36. The van der Waals surface area contributed by atoms with Crippen molar-refractivity contribution in [3.63, 3.8) is 0 Å². The molecule has 2 heterocycles. The lowest BCUT2D eigenvalue weighted by atomic mass is 10.1. The number of fused-ring (bicyclic) bond motifs is 3. The Bertz CT molecular complexity index is 830. The van der Waals surface area contributed by atoms with Crippen molar-refractivity contribution < 1.29 is 20.1 Å². The highest BCUT2D eigenvalue weighted by molar-refractivity contribution is 6.08. The summed E-state index contributed by atoms with van der Waals surface area (Å²) in [5.41, 5.74) is 0.619. The number of carboxylic acids is 1. The Kier molecular flexibility index (Phi) is 2.25. The van der Waals surface area contributed by atoms with E-state index in [0.29, 0.717) is 21.8 Å². The van der Waals surface area contributed by atoms with E-state index >= 15 is 0 Å². The summed E-state index contributed by atoms with van der Waals surface area (Å²) in [5, 5.41) is 29.2. The highest BCUT2D eigenvalue weighted by Crippen LogP contribution is 2.31. The number of carbonyl (C=O) groups is 1. The van der Waals surface area contributed by atoms with Gasteiger partial charge in [-0.1, -0.05) is 6.07 Å². The molecule has 3 rings (SSSR count). The molecule has 3 N–H and O–H groups in total. The van der Waals surface area contributed by atoms with E-state index in [0.717, 1.165) is 6.20 Å². The van der Waals surface area contributed by atoms with Crippen LogP contribution in [0, 0.1) is 0 Å². The number of aromatic nitrogens is 2. The van der Waals surface area contributed by atoms with E-state index in [-0.39, 0.29) is 17.1 Å². The molecular formula is C13H8N2O4. The van der Waals surface area contributed by atoms with Gasteiger partial charge in [-0.05, 0) is 12.1 Å². The molecule has 6 heteroatoms. The third-order valence-corrected chi connectivity index (χ3v) is 2.88. The van der Waals surface area contributed by atoms with Crippen LogP contribution in [0.4, 0.5) is 0 Å². The number of hydrogen-bond acceptors (Lipinski definition) is 5. The summed E-state index contributed by atoms with van der Waals surface area (Å²) in [5.74, 6) is -1.56. The predicted octanol–water partition coefficient (Wildman–Crippen LogP) is 1.89. The van der Waals surface area contributed by atoms with E-state index < -0.39 is 5.97 Å². The van der Waals surface area contributed by atoms with Crippen molar-refractivity contribution in [3.05, 3.63) is 36.2 Å². The van der Waals surface area contributed by atoms with Crippen molar-refractivity contribution in [1.29, 1.82) is 0 Å². The molecule has 2 aromatic heterocycles. The van der Waals surface area contributed by atoms with Gasteiger partial charge in [-0.15, -0.1) is 0 Å². The fourth-order valence-corrected chi connectivity index (χ4v) is 1.99. The van der Waals surface area contributed by atoms with Gasteiger partial charge in [0.15, 0.2) is 0 Å². The first-order valence-corrected chi connectivity index (χ1v) is 5.40. The Morgan fingerprint density at radius 1 is 1.05 bits per heavy atom. The van der Waals surface area contributed by atoms with Crippen LogP contribution in [0.3, 0.4) is 0 Å². The van der Waals surface area contributed by atoms with E-state index in [1.54, 1.807) is 12.1 Å². The first-order valence-electron chi connectivity index (χ1n) is 5.40. The Morgan fingerprint density at radius 2 is 1.79 bits per heavy atom. The molecule has 0 amide bonds. The molecule has 1 aromatic carbocycles. The maximum atomic E-state index is 10.9. The third-order valence-electron chi connectivity index (χ3n) is 2.88. The molecule has 0 saturated carbocycles. The van der Waals surface area contributed by atoms with Crippen LogP contribution in [0.2, 0.25) is 0 Å². The van der Waals surface area contributed by atoms with Crippen LogP contribution < -0.4 is 0 Å². The molecule has 0 fully saturated rings. The van der Waals surface area contributed by atoms with E-state index in [1.807, 2.05) is 0 Å². The van der Waals surface area contributed by atoms with Gasteiger partial charge in [0.1, 0.15) is 22.6 Å². The van der Waals surface area contributed by atoms with Crippen molar-refractivity contribution in [3.8, 4) is 11.5 Å². The molecule has 0 aliphatic carbocycles. The lowest BCUT2D eigenvalue weighted by Gasteiger charge is -2.06. The van der Waals surface area contributed by atoms with E-state index in [2.05, 4.69) is 9.97 Å². The average molecular weight is 256 g/mol. The minimum absolute atomic E-state index is 0.0261. The smallest absolute Gasteiger partial charge is 0.341 e. The first-order chi connectivity index (χ1) is 9.08. The summed E-state index contributed by atoms with van der Waals surface area (Å²) in [6, 6.07) is 4.70. The second kappa shape index (κ2) is 3.81. The summed E-state index contributed by atoms with van der Waals surface area (Å²) in [4.78, 5) is 19.0. The Labute approximate surface area is 106 Å². The van der Waals surface area contributed by atoms with Crippen LogP contribution in [0.5, 0.6) is 11.5 Å². The standard InChI is InChI=1S/C13H8N2O4/c16-7-3-6-1-2-8-11(10(6)14-4-7)15-5-9(12(8)17)13(18)19/h1-5,16H,(H,15,17)(H,18,19). The lowest BCUT2D eigenvalue weighted by molar-refractivity contribution is 0.0693. The summed E-state index contributed by atoms with van der Waals surface area (Å²) < 4.78 is 0. The number of carboxylic acid groups (broad SMARTS) is 1. The first kappa shape index (κ1) is 11.2. The van der Waals surface area contributed by atoms with Gasteiger partial charge >= 0.3 is 5.97 Å². The van der Waals surface area contributed by atoms with Gasteiger partial charge in [-0.25, -0.2) is 4.79 Å². The molecule has 6 nitrogen and oxygen atoms in total. The van der Waals surface area contributed by atoms with Crippen molar-refractivity contribution in [2.45, 2.75) is 0 Å². The molecule has 0 bridgehead atoms. The number of pyridine rings is 2. The van der Waals surface area contributed by atoms with Gasteiger partial charge in [-0.3, -0.25) is 9.97 Å². The fourth-order valence-electron chi connectivity index (χ4n) is 1.99. The second-order valence-corrected chi connectivity index (χ2v) is 4.05. The Hall–Kier alpha value is -2.89. The Balaban J connectivity index is 2.45. The van der Waals surface area contributed by atoms with Crippen molar-refractivity contribution in [2.75, 3.05) is 0 Å². The molecule has 0 atom stereocenters. The Morgan fingerprint density at radius 3 is 2.53 bits per heavy atom. The third kappa shape index (κ3) is 1.61. The zero-order valence-corrected chi connectivity index (χ0v) is 9.53. The van der Waals surface area contributed by atoms with Crippen LogP contribution in [0.25, 0.3) is 21.8 Å². The lowest BCUT2D eigenvalue weighted by Crippen LogP contribution is -1.98. The highest BCUT2D eigenvalue weighted by atomic mass is 16.4. The molecule has 0 aliphatic heterocycles. The highest BCUT2D eigenvalue weighted by Gasteiger charge is 2.15. The van der Waals surface area contributed by atoms with Crippen molar-refractivity contribution in [1.82, 2.24) is 9.97 Å². The summed E-state index contributed by atoms with van der Waals surface area (Å²) in [6.45, 7) is 0. The maximum Gasteiger partial charge on any atom is 0.341 e.